The third-order valence-electron chi connectivity index (χ3n) is 4.67. The summed E-state index contributed by atoms with van der Waals surface area (Å²) in [5, 5.41) is 3.12. The topological polar surface area (TPSA) is 78.4 Å². The molecule has 3 aromatic rings. The van der Waals surface area contributed by atoms with Crippen molar-refractivity contribution in [1.82, 2.24) is 9.97 Å². The van der Waals surface area contributed by atoms with Gasteiger partial charge in [0.2, 0.25) is 0 Å². The standard InChI is InChI=1S/C19H19N5O2/c25-18-16(22-13-14-4-7-20-8-5-14)17(19(18)26)24-11-9-23(10-12-24)15-3-1-2-6-21-15/h1-8,22H,9-13H2. The van der Waals surface area contributed by atoms with Crippen molar-refractivity contribution in [3.05, 3.63) is 74.9 Å². The number of piperazine rings is 1. The summed E-state index contributed by atoms with van der Waals surface area (Å²) in [4.78, 5) is 36.6. The first-order valence-corrected chi connectivity index (χ1v) is 8.61. The van der Waals surface area contributed by atoms with E-state index in [0.717, 1.165) is 24.5 Å². The van der Waals surface area contributed by atoms with E-state index in [9.17, 15) is 9.59 Å². The van der Waals surface area contributed by atoms with Gasteiger partial charge in [0, 0.05) is 51.3 Å². The zero-order valence-corrected chi connectivity index (χ0v) is 14.3. The highest BCUT2D eigenvalue weighted by Gasteiger charge is 2.28. The quantitative estimate of drug-likeness (QED) is 0.689. The zero-order valence-electron chi connectivity index (χ0n) is 14.3. The minimum atomic E-state index is -0.429. The van der Waals surface area contributed by atoms with Gasteiger partial charge in [-0.05, 0) is 29.8 Å². The molecule has 0 radical (unpaired) electrons. The lowest BCUT2D eigenvalue weighted by Gasteiger charge is -2.37. The summed E-state index contributed by atoms with van der Waals surface area (Å²) < 4.78 is 0. The summed E-state index contributed by atoms with van der Waals surface area (Å²) in [6.45, 7) is 3.39. The Morgan fingerprint density at radius 3 is 2.31 bits per heavy atom. The average molecular weight is 349 g/mol. The van der Waals surface area contributed by atoms with Crippen LogP contribution < -0.4 is 26.0 Å². The molecular formula is C19H19N5O2. The van der Waals surface area contributed by atoms with Gasteiger partial charge in [-0.25, -0.2) is 4.98 Å². The van der Waals surface area contributed by atoms with Crippen molar-refractivity contribution in [3.8, 4) is 0 Å². The highest BCUT2D eigenvalue weighted by Crippen LogP contribution is 2.23. The lowest BCUT2D eigenvalue weighted by molar-refractivity contribution is 0.644. The SMILES string of the molecule is O=c1c(NCc2ccncc2)c(N2CCN(c3ccccn3)CC2)c1=O. The predicted molar refractivity (Wildman–Crippen MR) is 102 cm³/mol. The number of nitrogens with zero attached hydrogens (tertiary/aromatic N) is 4. The molecule has 3 heterocycles. The number of pyridine rings is 2. The number of rotatable bonds is 5. The van der Waals surface area contributed by atoms with Crippen LogP contribution in [0.25, 0.3) is 0 Å². The summed E-state index contributed by atoms with van der Waals surface area (Å²) in [7, 11) is 0. The van der Waals surface area contributed by atoms with Gasteiger partial charge < -0.3 is 15.1 Å². The van der Waals surface area contributed by atoms with Crippen LogP contribution in [0.15, 0.2) is 58.5 Å². The summed E-state index contributed by atoms with van der Waals surface area (Å²) in [5.41, 5.74) is 1.14. The molecule has 1 fully saturated rings. The van der Waals surface area contributed by atoms with E-state index in [-0.39, 0.29) is 0 Å². The highest BCUT2D eigenvalue weighted by atomic mass is 16.2. The second kappa shape index (κ2) is 6.95. The molecule has 0 atom stereocenters. The lowest BCUT2D eigenvalue weighted by Crippen LogP contribution is -2.51. The molecule has 7 heteroatoms. The van der Waals surface area contributed by atoms with E-state index < -0.39 is 10.9 Å². The molecule has 26 heavy (non-hydrogen) atoms. The molecule has 1 aliphatic heterocycles. The van der Waals surface area contributed by atoms with Crippen molar-refractivity contribution < 1.29 is 0 Å². The molecule has 7 nitrogen and oxygen atoms in total. The summed E-state index contributed by atoms with van der Waals surface area (Å²) in [5.74, 6) is 0.938. The highest BCUT2D eigenvalue weighted by molar-refractivity contribution is 5.75. The summed E-state index contributed by atoms with van der Waals surface area (Å²) >= 11 is 0. The van der Waals surface area contributed by atoms with Gasteiger partial charge in [-0.15, -0.1) is 0 Å². The van der Waals surface area contributed by atoms with Gasteiger partial charge in [0.05, 0.1) is 0 Å². The van der Waals surface area contributed by atoms with E-state index in [0.29, 0.717) is 31.0 Å². The van der Waals surface area contributed by atoms with Crippen LogP contribution in [-0.2, 0) is 6.54 Å². The first kappa shape index (κ1) is 16.3. The fourth-order valence-corrected chi connectivity index (χ4v) is 3.24. The van der Waals surface area contributed by atoms with E-state index in [1.54, 1.807) is 18.6 Å². The van der Waals surface area contributed by atoms with Crippen LogP contribution in [0.2, 0.25) is 0 Å². The van der Waals surface area contributed by atoms with Crippen molar-refractivity contribution >= 4 is 17.2 Å². The molecule has 0 amide bonds. The van der Waals surface area contributed by atoms with Crippen molar-refractivity contribution in [2.24, 2.45) is 0 Å². The first-order chi connectivity index (χ1) is 12.7. The first-order valence-electron chi connectivity index (χ1n) is 8.61. The molecule has 1 saturated heterocycles. The van der Waals surface area contributed by atoms with Crippen molar-refractivity contribution in [2.45, 2.75) is 6.54 Å². The molecule has 2 aromatic heterocycles. The second-order valence-electron chi connectivity index (χ2n) is 6.25. The van der Waals surface area contributed by atoms with Crippen LogP contribution in [0.1, 0.15) is 5.56 Å². The Balaban J connectivity index is 1.43. The molecule has 4 rings (SSSR count). The molecule has 0 bridgehead atoms. The van der Waals surface area contributed by atoms with Crippen molar-refractivity contribution in [1.29, 1.82) is 0 Å². The van der Waals surface area contributed by atoms with E-state index in [1.807, 2.05) is 35.2 Å². The van der Waals surface area contributed by atoms with Crippen LogP contribution in [-0.4, -0.2) is 36.1 Å². The maximum atomic E-state index is 12.1. The Morgan fingerprint density at radius 1 is 0.885 bits per heavy atom. The van der Waals surface area contributed by atoms with Gasteiger partial charge in [0.25, 0.3) is 10.9 Å². The molecule has 1 N–H and O–H groups in total. The monoisotopic (exact) mass is 349 g/mol. The van der Waals surface area contributed by atoms with Crippen LogP contribution >= 0.6 is 0 Å². The maximum Gasteiger partial charge on any atom is 0.253 e. The fourth-order valence-electron chi connectivity index (χ4n) is 3.24. The number of aromatic nitrogens is 2. The van der Waals surface area contributed by atoms with E-state index in [4.69, 9.17) is 0 Å². The van der Waals surface area contributed by atoms with Gasteiger partial charge >= 0.3 is 0 Å². The minimum Gasteiger partial charge on any atom is -0.376 e. The Kier molecular flexibility index (Phi) is 4.35. The Labute approximate surface area is 150 Å². The van der Waals surface area contributed by atoms with Gasteiger partial charge in [-0.3, -0.25) is 14.6 Å². The van der Waals surface area contributed by atoms with Gasteiger partial charge in [-0.2, -0.15) is 0 Å². The average Bonchev–Trinajstić information content (AvgIpc) is 2.72. The molecule has 0 aliphatic carbocycles. The Bertz CT molecular complexity index is 943. The van der Waals surface area contributed by atoms with Crippen LogP contribution in [0.4, 0.5) is 17.2 Å². The Morgan fingerprint density at radius 2 is 1.62 bits per heavy atom. The molecule has 0 unspecified atom stereocenters. The smallest absolute Gasteiger partial charge is 0.253 e. The summed E-state index contributed by atoms with van der Waals surface area (Å²) in [6, 6.07) is 9.60. The third-order valence-corrected chi connectivity index (χ3v) is 4.67. The van der Waals surface area contributed by atoms with Gasteiger partial charge in [0.1, 0.15) is 17.2 Å². The molecule has 1 aromatic carbocycles. The lowest BCUT2D eigenvalue weighted by atomic mass is 10.1. The Hall–Kier alpha value is -3.22. The normalized spacial score (nSPS) is 14.6. The van der Waals surface area contributed by atoms with Crippen LogP contribution in [0.3, 0.4) is 0 Å². The molecular weight excluding hydrogens is 330 g/mol. The predicted octanol–water partition coefficient (Wildman–Crippen LogP) is 1.01. The molecule has 1 aliphatic rings. The van der Waals surface area contributed by atoms with Crippen molar-refractivity contribution in [3.63, 3.8) is 0 Å². The minimum absolute atomic E-state index is 0.395. The van der Waals surface area contributed by atoms with E-state index in [2.05, 4.69) is 20.2 Å². The fraction of sp³-hybridized carbons (Fsp3) is 0.263. The van der Waals surface area contributed by atoms with E-state index >= 15 is 0 Å². The molecule has 0 spiro atoms. The third kappa shape index (κ3) is 3.03. The second-order valence-corrected chi connectivity index (χ2v) is 6.25. The number of anilines is 3. The number of nitrogens with one attached hydrogen (secondary N) is 1. The largest absolute Gasteiger partial charge is 0.376 e. The van der Waals surface area contributed by atoms with Crippen molar-refractivity contribution in [2.75, 3.05) is 41.3 Å². The van der Waals surface area contributed by atoms with Gasteiger partial charge in [-0.1, -0.05) is 6.07 Å². The molecule has 0 saturated carbocycles. The molecule has 132 valence electrons. The zero-order chi connectivity index (χ0) is 17.9. The van der Waals surface area contributed by atoms with Crippen LogP contribution in [0.5, 0.6) is 0 Å². The van der Waals surface area contributed by atoms with Gasteiger partial charge in [0.15, 0.2) is 0 Å². The maximum absolute atomic E-state index is 12.1. The van der Waals surface area contributed by atoms with E-state index in [1.165, 1.54) is 0 Å². The number of hydrogen-bond acceptors (Lipinski definition) is 7. The summed E-state index contributed by atoms with van der Waals surface area (Å²) in [6.07, 6.45) is 5.19. The van der Waals surface area contributed by atoms with Crippen LogP contribution in [0, 0.1) is 0 Å². The number of hydrogen-bond donors (Lipinski definition) is 1.